The van der Waals surface area contributed by atoms with Gasteiger partial charge in [0.25, 0.3) is 0 Å². The van der Waals surface area contributed by atoms with Crippen LogP contribution in [0.2, 0.25) is 0 Å². The third-order valence-electron chi connectivity index (χ3n) is 3.89. The van der Waals surface area contributed by atoms with E-state index >= 15 is 0 Å². The normalized spacial score (nSPS) is 14.4. The topological polar surface area (TPSA) is 56.7 Å². The first-order valence-corrected chi connectivity index (χ1v) is 9.42. The maximum atomic E-state index is 12.0. The van der Waals surface area contributed by atoms with E-state index in [9.17, 15) is 4.79 Å². The average molecular weight is 464 g/mol. The Morgan fingerprint density at radius 3 is 2.54 bits per heavy atom. The minimum absolute atomic E-state index is 0. The van der Waals surface area contributed by atoms with E-state index in [2.05, 4.69) is 34.7 Å². The van der Waals surface area contributed by atoms with Gasteiger partial charge in [0.05, 0.1) is 6.54 Å². The zero-order valence-electron chi connectivity index (χ0n) is 14.6. The molecule has 1 amide bonds. The van der Waals surface area contributed by atoms with E-state index in [1.54, 1.807) is 0 Å². The van der Waals surface area contributed by atoms with Gasteiger partial charge >= 0.3 is 0 Å². The van der Waals surface area contributed by atoms with Gasteiger partial charge in [0.2, 0.25) is 5.91 Å². The number of guanidine groups is 1. The van der Waals surface area contributed by atoms with Crippen LogP contribution in [0.25, 0.3) is 0 Å². The Morgan fingerprint density at radius 1 is 1.21 bits per heavy atom. The Labute approximate surface area is 166 Å². The van der Waals surface area contributed by atoms with Crippen molar-refractivity contribution in [1.29, 1.82) is 0 Å². The van der Waals surface area contributed by atoms with Gasteiger partial charge in [-0.15, -0.1) is 35.3 Å². The van der Waals surface area contributed by atoms with E-state index in [1.165, 1.54) is 9.75 Å². The van der Waals surface area contributed by atoms with Gasteiger partial charge in [-0.25, -0.2) is 4.99 Å². The summed E-state index contributed by atoms with van der Waals surface area (Å²) in [6, 6.07) is 4.32. The lowest BCUT2D eigenvalue weighted by Crippen LogP contribution is -2.39. The highest BCUT2D eigenvalue weighted by Gasteiger charge is 2.17. The van der Waals surface area contributed by atoms with Gasteiger partial charge in [-0.05, 0) is 38.3 Å². The number of aryl methyl sites for hydroxylation is 1. The first kappa shape index (κ1) is 21.2. The van der Waals surface area contributed by atoms with Crippen LogP contribution in [0.1, 0.15) is 42.9 Å². The molecule has 136 valence electrons. The minimum atomic E-state index is 0. The van der Waals surface area contributed by atoms with Gasteiger partial charge in [-0.2, -0.15) is 0 Å². The maximum Gasteiger partial charge on any atom is 0.224 e. The molecule has 7 heteroatoms. The number of hydrogen-bond donors (Lipinski definition) is 2. The molecule has 0 unspecified atom stereocenters. The molecule has 1 fully saturated rings. The van der Waals surface area contributed by atoms with E-state index in [1.807, 2.05) is 23.2 Å². The number of thiophene rings is 1. The Bertz CT molecular complexity index is 526. The third-order valence-corrected chi connectivity index (χ3v) is 5.11. The monoisotopic (exact) mass is 464 g/mol. The molecule has 0 radical (unpaired) electrons. The molecular formula is C17H29IN4OS. The minimum Gasteiger partial charge on any atom is -0.357 e. The number of carbonyl (C=O) groups is 1. The lowest BCUT2D eigenvalue weighted by molar-refractivity contribution is -0.129. The maximum absolute atomic E-state index is 12.0. The number of hydrogen-bond acceptors (Lipinski definition) is 3. The summed E-state index contributed by atoms with van der Waals surface area (Å²) in [6.45, 7) is 8.19. The van der Waals surface area contributed by atoms with E-state index in [0.29, 0.717) is 19.5 Å². The summed E-state index contributed by atoms with van der Waals surface area (Å²) >= 11 is 1.82. The van der Waals surface area contributed by atoms with Crippen molar-refractivity contribution in [3.05, 3.63) is 21.9 Å². The SMILES string of the molecule is CCNC(=NCc1ccc(CC)s1)NCCC(=O)N1CCCC1.I. The van der Waals surface area contributed by atoms with Crippen LogP contribution in [-0.2, 0) is 17.8 Å². The Balaban J connectivity index is 0.00000288. The third kappa shape index (κ3) is 6.96. The lowest BCUT2D eigenvalue weighted by Gasteiger charge is -2.16. The summed E-state index contributed by atoms with van der Waals surface area (Å²) in [5.41, 5.74) is 0. The van der Waals surface area contributed by atoms with Gasteiger partial charge in [-0.1, -0.05) is 6.92 Å². The zero-order valence-corrected chi connectivity index (χ0v) is 17.8. The van der Waals surface area contributed by atoms with E-state index < -0.39 is 0 Å². The van der Waals surface area contributed by atoms with Crippen molar-refractivity contribution < 1.29 is 4.79 Å². The van der Waals surface area contributed by atoms with Crippen LogP contribution in [0.4, 0.5) is 0 Å². The lowest BCUT2D eigenvalue weighted by atomic mass is 10.3. The van der Waals surface area contributed by atoms with Gasteiger partial charge < -0.3 is 15.5 Å². The Morgan fingerprint density at radius 2 is 1.92 bits per heavy atom. The molecule has 1 aliphatic heterocycles. The van der Waals surface area contributed by atoms with E-state index in [4.69, 9.17) is 0 Å². The molecule has 2 rings (SSSR count). The number of likely N-dealkylation sites (tertiary alicyclic amines) is 1. The fourth-order valence-electron chi connectivity index (χ4n) is 2.61. The molecule has 0 aromatic carbocycles. The van der Waals surface area contributed by atoms with Crippen molar-refractivity contribution in [2.24, 2.45) is 4.99 Å². The molecule has 1 saturated heterocycles. The highest BCUT2D eigenvalue weighted by atomic mass is 127. The fraction of sp³-hybridized carbons (Fsp3) is 0.647. The summed E-state index contributed by atoms with van der Waals surface area (Å²) in [5.74, 6) is 1.03. The smallest absolute Gasteiger partial charge is 0.224 e. The van der Waals surface area contributed by atoms with Crippen LogP contribution >= 0.6 is 35.3 Å². The van der Waals surface area contributed by atoms with Crippen LogP contribution in [0.5, 0.6) is 0 Å². The molecule has 0 saturated carbocycles. The quantitative estimate of drug-likeness (QED) is 0.371. The van der Waals surface area contributed by atoms with Gasteiger partial charge in [0.15, 0.2) is 5.96 Å². The van der Waals surface area contributed by atoms with Crippen LogP contribution in [0.15, 0.2) is 17.1 Å². The standard InChI is InChI=1S/C17H28N4OS.HI/c1-3-14-7-8-15(23-14)13-20-17(18-4-2)19-10-9-16(22)21-11-5-6-12-21;/h7-8H,3-6,9-13H2,1-2H3,(H2,18,19,20);1H. The van der Waals surface area contributed by atoms with Crippen molar-refractivity contribution in [2.75, 3.05) is 26.2 Å². The van der Waals surface area contributed by atoms with Crippen LogP contribution in [0, 0.1) is 0 Å². The highest BCUT2D eigenvalue weighted by molar-refractivity contribution is 14.0. The molecule has 1 aliphatic rings. The van der Waals surface area contributed by atoms with Gasteiger partial charge in [-0.3, -0.25) is 4.79 Å². The van der Waals surface area contributed by atoms with E-state index in [0.717, 1.165) is 44.9 Å². The summed E-state index contributed by atoms with van der Waals surface area (Å²) in [4.78, 5) is 21.3. The highest BCUT2D eigenvalue weighted by Crippen LogP contribution is 2.17. The molecule has 1 aromatic heterocycles. The fourth-order valence-corrected chi connectivity index (χ4v) is 3.49. The Hall–Kier alpha value is -0.830. The predicted octanol–water partition coefficient (Wildman–Crippen LogP) is 3.00. The second-order valence-electron chi connectivity index (χ2n) is 5.68. The number of carbonyl (C=O) groups excluding carboxylic acids is 1. The van der Waals surface area contributed by atoms with Crippen molar-refractivity contribution in [3.8, 4) is 0 Å². The molecule has 0 atom stereocenters. The predicted molar refractivity (Wildman–Crippen MR) is 112 cm³/mol. The molecular weight excluding hydrogens is 435 g/mol. The molecule has 2 N–H and O–H groups in total. The Kier molecular flexibility index (Phi) is 10.3. The number of nitrogens with one attached hydrogen (secondary N) is 2. The van der Waals surface area contributed by atoms with Gasteiger partial charge in [0.1, 0.15) is 0 Å². The number of halogens is 1. The summed E-state index contributed by atoms with van der Waals surface area (Å²) < 4.78 is 0. The van der Waals surface area contributed by atoms with Crippen molar-refractivity contribution in [3.63, 3.8) is 0 Å². The van der Waals surface area contributed by atoms with Crippen LogP contribution < -0.4 is 10.6 Å². The van der Waals surface area contributed by atoms with Crippen molar-refractivity contribution in [1.82, 2.24) is 15.5 Å². The largest absolute Gasteiger partial charge is 0.357 e. The number of aliphatic imine (C=N–C) groups is 1. The van der Waals surface area contributed by atoms with E-state index in [-0.39, 0.29) is 29.9 Å². The van der Waals surface area contributed by atoms with Crippen molar-refractivity contribution in [2.45, 2.75) is 46.1 Å². The van der Waals surface area contributed by atoms with Crippen LogP contribution in [0.3, 0.4) is 0 Å². The molecule has 5 nitrogen and oxygen atoms in total. The molecule has 0 aliphatic carbocycles. The number of amides is 1. The second-order valence-corrected chi connectivity index (χ2v) is 6.93. The molecule has 1 aromatic rings. The number of rotatable bonds is 7. The molecule has 24 heavy (non-hydrogen) atoms. The van der Waals surface area contributed by atoms with Gasteiger partial charge in [0, 0.05) is 42.4 Å². The summed E-state index contributed by atoms with van der Waals surface area (Å²) in [7, 11) is 0. The zero-order chi connectivity index (χ0) is 16.5. The van der Waals surface area contributed by atoms with Crippen molar-refractivity contribution >= 4 is 47.2 Å². The first-order chi connectivity index (χ1) is 11.2. The molecule has 0 bridgehead atoms. The molecule has 2 heterocycles. The second kappa shape index (κ2) is 11.7. The summed E-state index contributed by atoms with van der Waals surface area (Å²) in [5, 5.41) is 6.50. The molecule has 0 spiro atoms. The first-order valence-electron chi connectivity index (χ1n) is 8.60. The number of nitrogens with zero attached hydrogens (tertiary/aromatic N) is 2. The average Bonchev–Trinajstić information content (AvgIpc) is 3.23. The summed E-state index contributed by atoms with van der Waals surface area (Å²) in [6.07, 6.45) is 3.89. The van der Waals surface area contributed by atoms with Crippen LogP contribution in [-0.4, -0.2) is 42.9 Å².